The summed E-state index contributed by atoms with van der Waals surface area (Å²) >= 11 is 0. The Morgan fingerprint density at radius 2 is 2.40 bits per heavy atom. The molecule has 0 bridgehead atoms. The monoisotopic (exact) mass is 213 g/mol. The van der Waals surface area contributed by atoms with Crippen LogP contribution in [0.3, 0.4) is 0 Å². The smallest absolute Gasteiger partial charge is 0 e. The fraction of sp³-hybridized carbons (Fsp3) is 0.625. The summed E-state index contributed by atoms with van der Waals surface area (Å²) in [6, 6.07) is 0. The van der Waals surface area contributed by atoms with Gasteiger partial charge in [0.15, 0.2) is 0 Å². The summed E-state index contributed by atoms with van der Waals surface area (Å²) in [7, 11) is 0. The van der Waals surface area contributed by atoms with Crippen molar-refractivity contribution in [1.29, 1.82) is 0 Å². The molecule has 0 saturated carbocycles. The predicted octanol–water partition coefficient (Wildman–Crippen LogP) is 2.17. The zero-order valence-electron chi connectivity index (χ0n) is 6.59. The predicted molar refractivity (Wildman–Crippen MR) is 39.7 cm³/mol. The third-order valence-electron chi connectivity index (χ3n) is 1.52. The minimum absolute atomic E-state index is 0. The molecule has 0 spiro atoms. The second kappa shape index (κ2) is 6.36. The summed E-state index contributed by atoms with van der Waals surface area (Å²) in [5.41, 5.74) is 0. The molecule has 0 atom stereocenters. The molecule has 55 valence electrons. The van der Waals surface area contributed by atoms with E-state index in [4.69, 9.17) is 0 Å². The first kappa shape index (κ1) is 10.6. The molecule has 0 aromatic carbocycles. The van der Waals surface area contributed by atoms with Gasteiger partial charge in [0, 0.05) is 32.7 Å². The maximum atomic E-state index is 2.27. The van der Waals surface area contributed by atoms with Crippen LogP contribution in [0, 0.1) is 6.54 Å². The van der Waals surface area contributed by atoms with Crippen LogP contribution in [0.2, 0.25) is 0 Å². The third kappa shape index (κ3) is 3.73. The van der Waals surface area contributed by atoms with E-state index in [1.165, 1.54) is 19.4 Å². The van der Waals surface area contributed by atoms with E-state index in [9.17, 15) is 0 Å². The van der Waals surface area contributed by atoms with Gasteiger partial charge in [-0.15, -0.1) is 0 Å². The number of likely N-dealkylation sites (tertiary alicyclic amines) is 1. The maximum Gasteiger partial charge on any atom is 0 e. The summed E-state index contributed by atoms with van der Waals surface area (Å²) in [6.07, 6.45) is 8.10. The molecule has 1 fully saturated rings. The van der Waals surface area contributed by atoms with Gasteiger partial charge in [-0.2, -0.15) is 6.42 Å². The number of hydrogen-bond donors (Lipinski definition) is 0. The van der Waals surface area contributed by atoms with Crippen LogP contribution in [-0.2, 0) is 32.7 Å². The van der Waals surface area contributed by atoms with Crippen molar-refractivity contribution in [3.8, 4) is 0 Å². The third-order valence-corrected chi connectivity index (χ3v) is 1.52. The Kier molecular flexibility index (Phi) is 6.77. The molecule has 0 N–H and O–H groups in total. The molecule has 1 aliphatic rings. The van der Waals surface area contributed by atoms with Crippen LogP contribution in [0.15, 0.2) is 12.3 Å². The standard InChI is InChI=1S/C8H14N.Y/c1-2-3-6-9-7-4-5-8-9;/h3,6-7H,2,4-5,8H2,1H3;/q-1;. The van der Waals surface area contributed by atoms with Gasteiger partial charge in [0.1, 0.15) is 0 Å². The summed E-state index contributed by atoms with van der Waals surface area (Å²) in [6.45, 7) is 5.63. The van der Waals surface area contributed by atoms with Crippen molar-refractivity contribution in [2.75, 3.05) is 6.54 Å². The minimum Gasteiger partial charge on any atom is -0.529 e. The zero-order valence-corrected chi connectivity index (χ0v) is 9.42. The molecule has 10 heavy (non-hydrogen) atoms. The SMILES string of the molecule is CCC=CN1[CH-]CCC1.[Y]. The summed E-state index contributed by atoms with van der Waals surface area (Å²) in [5.74, 6) is 0. The maximum absolute atomic E-state index is 2.27. The van der Waals surface area contributed by atoms with E-state index in [0.717, 1.165) is 6.42 Å². The number of nitrogens with zero attached hydrogens (tertiary/aromatic N) is 1. The van der Waals surface area contributed by atoms with Crippen molar-refractivity contribution in [1.82, 2.24) is 4.90 Å². The van der Waals surface area contributed by atoms with Gasteiger partial charge < -0.3 is 4.90 Å². The Morgan fingerprint density at radius 1 is 1.60 bits per heavy atom. The van der Waals surface area contributed by atoms with Crippen LogP contribution in [0.25, 0.3) is 0 Å². The van der Waals surface area contributed by atoms with E-state index < -0.39 is 0 Å². The molecule has 1 aliphatic heterocycles. The van der Waals surface area contributed by atoms with E-state index in [2.05, 4.69) is 30.6 Å². The molecule has 1 saturated heterocycles. The van der Waals surface area contributed by atoms with Gasteiger partial charge in [-0.3, -0.25) is 0 Å². The number of rotatable bonds is 2. The molecule has 1 rings (SSSR count). The van der Waals surface area contributed by atoms with Gasteiger partial charge in [-0.1, -0.05) is 19.4 Å². The van der Waals surface area contributed by atoms with Crippen molar-refractivity contribution in [2.45, 2.75) is 26.2 Å². The summed E-state index contributed by atoms with van der Waals surface area (Å²) in [5, 5.41) is 0. The van der Waals surface area contributed by atoms with E-state index in [-0.39, 0.29) is 32.7 Å². The molecule has 1 heterocycles. The van der Waals surface area contributed by atoms with Crippen LogP contribution in [0.1, 0.15) is 26.2 Å². The Hall–Kier alpha value is 0.644. The van der Waals surface area contributed by atoms with Gasteiger partial charge in [0.2, 0.25) is 0 Å². The molecule has 1 radical (unpaired) electrons. The second-order valence-electron chi connectivity index (χ2n) is 2.36. The molecule has 0 aliphatic carbocycles. The van der Waals surface area contributed by atoms with E-state index in [0.29, 0.717) is 0 Å². The van der Waals surface area contributed by atoms with E-state index >= 15 is 0 Å². The number of hydrogen-bond acceptors (Lipinski definition) is 1. The van der Waals surface area contributed by atoms with E-state index in [1.54, 1.807) is 0 Å². The molecule has 0 aromatic heterocycles. The summed E-state index contributed by atoms with van der Waals surface area (Å²) < 4.78 is 0. The van der Waals surface area contributed by atoms with Crippen LogP contribution < -0.4 is 0 Å². The van der Waals surface area contributed by atoms with E-state index in [1.807, 2.05) is 0 Å². The molecule has 0 unspecified atom stereocenters. The first-order valence-electron chi connectivity index (χ1n) is 3.69. The molecular weight excluding hydrogens is 199 g/mol. The van der Waals surface area contributed by atoms with Crippen molar-refractivity contribution in [3.05, 3.63) is 18.8 Å². The quantitative estimate of drug-likeness (QED) is 0.635. The van der Waals surface area contributed by atoms with Crippen LogP contribution in [0.5, 0.6) is 0 Å². The van der Waals surface area contributed by atoms with Gasteiger partial charge in [-0.05, 0) is 19.2 Å². The summed E-state index contributed by atoms with van der Waals surface area (Å²) in [4.78, 5) is 2.27. The van der Waals surface area contributed by atoms with Crippen molar-refractivity contribution in [2.24, 2.45) is 0 Å². The Balaban J connectivity index is 0.000000810. The first-order valence-corrected chi connectivity index (χ1v) is 3.69. The van der Waals surface area contributed by atoms with Gasteiger partial charge >= 0.3 is 0 Å². The van der Waals surface area contributed by atoms with Crippen LogP contribution in [0.4, 0.5) is 0 Å². The first-order chi connectivity index (χ1) is 4.43. The molecular formula is C8H14NY-. The van der Waals surface area contributed by atoms with Crippen molar-refractivity contribution in [3.63, 3.8) is 0 Å². The van der Waals surface area contributed by atoms with Gasteiger partial charge in [-0.25, -0.2) is 6.54 Å². The molecule has 0 amide bonds. The van der Waals surface area contributed by atoms with Crippen molar-refractivity contribution < 1.29 is 32.7 Å². The average Bonchev–Trinajstić information content (AvgIpc) is 2.34. The van der Waals surface area contributed by atoms with Crippen molar-refractivity contribution >= 4 is 0 Å². The minimum atomic E-state index is 0. The van der Waals surface area contributed by atoms with Crippen LogP contribution in [-0.4, -0.2) is 11.4 Å². The fourth-order valence-electron chi connectivity index (χ4n) is 0.998. The topological polar surface area (TPSA) is 3.24 Å². The molecule has 0 aromatic rings. The normalized spacial score (nSPS) is 17.9. The van der Waals surface area contributed by atoms with Gasteiger partial charge in [0.05, 0.1) is 0 Å². The Morgan fingerprint density at radius 3 is 2.90 bits per heavy atom. The molecule has 2 heteroatoms. The number of allylic oxidation sites excluding steroid dienone is 1. The zero-order chi connectivity index (χ0) is 6.53. The fourth-order valence-corrected chi connectivity index (χ4v) is 0.998. The Labute approximate surface area is 88.7 Å². The van der Waals surface area contributed by atoms with Gasteiger partial charge in [0.25, 0.3) is 0 Å². The molecule has 1 nitrogen and oxygen atoms in total. The second-order valence-corrected chi connectivity index (χ2v) is 2.36. The Bertz CT molecular complexity index is 95.4. The van der Waals surface area contributed by atoms with Crippen LogP contribution >= 0.6 is 0 Å². The average molecular weight is 213 g/mol. The largest absolute Gasteiger partial charge is 0.529 e.